The summed E-state index contributed by atoms with van der Waals surface area (Å²) in [5, 5.41) is 10.2. The van der Waals surface area contributed by atoms with E-state index >= 15 is 0 Å². The summed E-state index contributed by atoms with van der Waals surface area (Å²) in [5.41, 5.74) is 15.9. The van der Waals surface area contributed by atoms with Gasteiger partial charge in [-0.25, -0.2) is 29.5 Å². The van der Waals surface area contributed by atoms with Gasteiger partial charge in [-0.2, -0.15) is 9.67 Å². The van der Waals surface area contributed by atoms with Crippen LogP contribution in [0.4, 0.5) is 5.82 Å². The summed E-state index contributed by atoms with van der Waals surface area (Å²) < 4.78 is 2.03. The van der Waals surface area contributed by atoms with Gasteiger partial charge in [0, 0.05) is 0 Å². The molecule has 0 bridgehead atoms. The number of aromatic nitrogens is 7. The summed E-state index contributed by atoms with van der Waals surface area (Å²) >= 11 is 0. The first-order valence-electron chi connectivity index (χ1n) is 8.04. The Morgan fingerprint density at radius 2 is 1.94 bits per heavy atom. The highest BCUT2D eigenvalue weighted by molar-refractivity contribution is 5.96. The molecule has 6 N–H and O–H groups in total. The lowest BCUT2D eigenvalue weighted by atomic mass is 10.4. The van der Waals surface area contributed by atoms with Crippen molar-refractivity contribution >= 4 is 29.4 Å². The zero-order chi connectivity index (χ0) is 24.1. The first kappa shape index (κ1) is 24.6. The third-order valence-electron chi connectivity index (χ3n) is 3.10. The molecule has 0 saturated heterocycles. The van der Waals surface area contributed by atoms with Crippen molar-refractivity contribution in [1.29, 1.82) is 5.53 Å². The predicted octanol–water partition coefficient (Wildman–Crippen LogP) is -1.86. The maximum atomic E-state index is 11.7. The third-order valence-corrected chi connectivity index (χ3v) is 3.10. The van der Waals surface area contributed by atoms with Gasteiger partial charge in [0.2, 0.25) is 11.9 Å². The number of terminal acetylenes is 2. The summed E-state index contributed by atoms with van der Waals surface area (Å²) in [7, 11) is 0. The van der Waals surface area contributed by atoms with E-state index in [1.807, 2.05) is 0 Å². The molecule has 0 saturated carbocycles. The predicted molar refractivity (Wildman–Crippen MR) is 106 cm³/mol. The van der Waals surface area contributed by atoms with Crippen LogP contribution in [0.15, 0.2) is 27.6 Å². The highest BCUT2D eigenvalue weighted by Crippen LogP contribution is 2.10. The first-order chi connectivity index (χ1) is 15.3. The summed E-state index contributed by atoms with van der Waals surface area (Å²) in [6, 6.07) is 0. The monoisotopic (exact) mass is 438 g/mol. The molecule has 0 aliphatic rings. The van der Waals surface area contributed by atoms with Crippen LogP contribution < -0.4 is 17.2 Å². The van der Waals surface area contributed by atoms with Crippen molar-refractivity contribution in [3.8, 4) is 24.7 Å². The number of carbonyl (C=O) groups excluding carboxylic acids is 3. The van der Waals surface area contributed by atoms with E-state index in [-0.39, 0.29) is 35.9 Å². The van der Waals surface area contributed by atoms with Crippen molar-refractivity contribution in [2.24, 2.45) is 21.6 Å². The zero-order valence-corrected chi connectivity index (χ0v) is 16.1. The van der Waals surface area contributed by atoms with E-state index in [0.717, 1.165) is 15.4 Å². The van der Waals surface area contributed by atoms with E-state index in [0.29, 0.717) is 0 Å². The Balaban J connectivity index is 0.000000273. The van der Waals surface area contributed by atoms with E-state index in [1.165, 1.54) is 12.4 Å². The molecule has 0 atom stereocenters. The van der Waals surface area contributed by atoms with E-state index in [9.17, 15) is 19.2 Å². The molecule has 3 aromatic rings. The Morgan fingerprint density at radius 1 is 1.22 bits per heavy atom. The number of nitrogens with two attached hydrogens (primary N) is 2. The largest absolute Gasteiger partial charge is 0.364 e. The van der Waals surface area contributed by atoms with Crippen molar-refractivity contribution in [2.45, 2.75) is 6.54 Å². The number of hydrogen-bond acceptors (Lipinski definition) is 11. The highest BCUT2D eigenvalue weighted by Gasteiger charge is 2.14. The number of fused-ring (bicyclic) bond motifs is 1. The number of primary amides is 2. The molecule has 3 heterocycles. The Bertz CT molecular complexity index is 1310. The van der Waals surface area contributed by atoms with E-state index < -0.39 is 17.5 Å². The van der Waals surface area contributed by atoms with Crippen LogP contribution in [-0.2, 0) is 11.3 Å². The molecule has 32 heavy (non-hydrogen) atoms. The molecular weight excluding hydrogens is 424 g/mol. The van der Waals surface area contributed by atoms with Crippen molar-refractivity contribution < 1.29 is 14.4 Å². The maximum absolute atomic E-state index is 11.7. The number of H-pyrrole nitrogens is 1. The number of hydrogen-bond donors (Lipinski definition) is 4. The second-order valence-corrected chi connectivity index (χ2v) is 5.07. The Morgan fingerprint density at radius 3 is 2.41 bits per heavy atom. The molecule has 0 unspecified atom stereocenters. The van der Waals surface area contributed by atoms with Crippen LogP contribution in [-0.4, -0.2) is 58.8 Å². The molecule has 162 valence electrons. The number of amides is 2. The van der Waals surface area contributed by atoms with E-state index in [1.54, 1.807) is 0 Å². The number of nitrogens with zero attached hydrogens (tertiary/aromatic N) is 8. The number of aliphatic imine (C=N–C) groups is 1. The molecule has 0 aromatic carbocycles. The number of nitrogens with one attached hydrogen (secondary N) is 2. The topological polar surface area (TPSA) is 246 Å². The van der Waals surface area contributed by atoms with Crippen molar-refractivity contribution in [3.63, 3.8) is 0 Å². The van der Waals surface area contributed by atoms with Crippen LogP contribution in [0.25, 0.3) is 5.65 Å². The quantitative estimate of drug-likeness (QED) is 0.152. The molecule has 0 radical (unpaired) electrons. The molecule has 3 rings (SSSR count). The fraction of sp³-hybridized carbons (Fsp3) is 0.125. The van der Waals surface area contributed by atoms with Crippen molar-refractivity contribution in [1.82, 2.24) is 34.3 Å². The van der Waals surface area contributed by atoms with Gasteiger partial charge in [0.05, 0.1) is 6.33 Å². The van der Waals surface area contributed by atoms with Gasteiger partial charge in [-0.1, -0.05) is 17.1 Å². The van der Waals surface area contributed by atoms with Crippen LogP contribution in [0.5, 0.6) is 0 Å². The average molecular weight is 438 g/mol. The number of carbonyl (C=O) groups is 2. The van der Waals surface area contributed by atoms with Crippen LogP contribution in [0.2, 0.25) is 0 Å². The Hall–Kier alpha value is -5.47. The molecule has 0 fully saturated rings. The van der Waals surface area contributed by atoms with E-state index in [4.69, 9.17) is 29.8 Å². The Kier molecular flexibility index (Phi) is 9.34. The fourth-order valence-electron chi connectivity index (χ4n) is 1.83. The van der Waals surface area contributed by atoms with Crippen molar-refractivity contribution in [3.05, 3.63) is 34.5 Å². The third kappa shape index (κ3) is 6.27. The average Bonchev–Trinajstić information content (AvgIpc) is 3.42. The van der Waals surface area contributed by atoms with Gasteiger partial charge >= 0.3 is 5.69 Å². The first-order valence-corrected chi connectivity index (χ1v) is 8.04. The lowest BCUT2D eigenvalue weighted by Gasteiger charge is -1.98. The standard InChI is InChI=1S/C8H6N6O2.C4H5N5O.C4H3NO/c1-2-3-14-8(16)13-4-10-5(6(9)15)7(13)11-12-14;5-3(10)2-4(9-6)8-1-7-2;1-2-3-5-4-6/h1,4H,3H2,(H2,9,15);1,6H,(H2,5,10)(H,7,8);1H,3H2. The molecule has 16 heteroatoms. The van der Waals surface area contributed by atoms with Gasteiger partial charge < -0.3 is 16.5 Å². The van der Waals surface area contributed by atoms with Crippen molar-refractivity contribution in [2.75, 3.05) is 6.54 Å². The molecule has 0 aliphatic carbocycles. The molecule has 0 aliphatic heterocycles. The van der Waals surface area contributed by atoms with Crippen LogP contribution in [0.3, 0.4) is 0 Å². The number of isocyanates is 1. The summed E-state index contributed by atoms with van der Waals surface area (Å²) in [6.07, 6.45) is 13.5. The van der Waals surface area contributed by atoms with Gasteiger partial charge in [-0.3, -0.25) is 9.59 Å². The van der Waals surface area contributed by atoms with Gasteiger partial charge in [0.25, 0.3) is 11.8 Å². The normalized spacial score (nSPS) is 8.94. The SMILES string of the molecule is C#CCN=C=O.C#CCn1nnc2c(C(N)=O)ncn2c1=O.N=Nc1nc[nH]c1C(N)=O. The minimum atomic E-state index is -0.772. The van der Waals surface area contributed by atoms with Gasteiger partial charge in [-0.05, 0) is 0 Å². The number of imidazole rings is 2. The number of rotatable bonds is 5. The summed E-state index contributed by atoms with van der Waals surface area (Å²) in [5.74, 6) is 2.98. The lowest BCUT2D eigenvalue weighted by molar-refractivity contribution is 0.0988. The van der Waals surface area contributed by atoms with E-state index in [2.05, 4.69) is 47.2 Å². The molecule has 16 nitrogen and oxygen atoms in total. The van der Waals surface area contributed by atoms with Crippen LogP contribution >= 0.6 is 0 Å². The number of aromatic amines is 1. The smallest absolute Gasteiger partial charge is 0.353 e. The fourth-order valence-corrected chi connectivity index (χ4v) is 1.83. The maximum Gasteiger partial charge on any atom is 0.353 e. The Labute approximate surface area is 178 Å². The molecule has 0 spiro atoms. The zero-order valence-electron chi connectivity index (χ0n) is 16.1. The lowest BCUT2D eigenvalue weighted by Crippen LogP contribution is -2.29. The molecule has 2 amide bonds. The minimum absolute atomic E-state index is 0.00808. The molecule has 3 aromatic heterocycles. The summed E-state index contributed by atoms with van der Waals surface area (Å²) in [6.45, 7) is 0.134. The van der Waals surface area contributed by atoms with Crippen LogP contribution in [0.1, 0.15) is 21.0 Å². The summed E-state index contributed by atoms with van der Waals surface area (Å²) in [4.78, 5) is 55.0. The second-order valence-electron chi connectivity index (χ2n) is 5.07. The van der Waals surface area contributed by atoms with Gasteiger partial charge in [0.1, 0.15) is 19.4 Å². The molecular formula is C16H14N12O4. The van der Waals surface area contributed by atoms with Gasteiger partial charge in [0.15, 0.2) is 17.0 Å². The van der Waals surface area contributed by atoms with Gasteiger partial charge in [-0.15, -0.1) is 23.1 Å². The second kappa shape index (κ2) is 12.2. The highest BCUT2D eigenvalue weighted by atomic mass is 16.2. The van der Waals surface area contributed by atoms with Crippen LogP contribution in [0, 0.1) is 30.2 Å². The minimum Gasteiger partial charge on any atom is -0.364 e.